The number of hydrogen-bond acceptors (Lipinski definition) is 1. The standard InChI is InChI=1S/C11H15NO/c1-3-8-5-6-10(11(12)13)7-9(8)4-2/h5-7H,3-4H2,1-2H3,(H2,12,13). The van der Waals surface area contributed by atoms with Crippen molar-refractivity contribution in [3.8, 4) is 0 Å². The van der Waals surface area contributed by atoms with Crippen molar-refractivity contribution < 1.29 is 4.79 Å². The van der Waals surface area contributed by atoms with Gasteiger partial charge in [-0.2, -0.15) is 0 Å². The van der Waals surface area contributed by atoms with E-state index in [1.54, 1.807) is 6.07 Å². The zero-order valence-electron chi connectivity index (χ0n) is 8.13. The van der Waals surface area contributed by atoms with E-state index in [0.717, 1.165) is 12.8 Å². The number of nitrogens with two attached hydrogens (primary N) is 1. The van der Waals surface area contributed by atoms with Gasteiger partial charge < -0.3 is 5.73 Å². The molecule has 0 spiro atoms. The molecular weight excluding hydrogens is 162 g/mol. The van der Waals surface area contributed by atoms with Crippen molar-refractivity contribution in [2.24, 2.45) is 5.73 Å². The van der Waals surface area contributed by atoms with Gasteiger partial charge in [-0.1, -0.05) is 19.9 Å². The van der Waals surface area contributed by atoms with E-state index in [1.807, 2.05) is 12.1 Å². The van der Waals surface area contributed by atoms with Crippen LogP contribution < -0.4 is 5.73 Å². The lowest BCUT2D eigenvalue weighted by Crippen LogP contribution is -2.11. The summed E-state index contributed by atoms with van der Waals surface area (Å²) < 4.78 is 0. The van der Waals surface area contributed by atoms with Gasteiger partial charge in [0.1, 0.15) is 0 Å². The molecule has 1 aromatic carbocycles. The number of rotatable bonds is 3. The number of aryl methyl sites for hydroxylation is 2. The summed E-state index contributed by atoms with van der Waals surface area (Å²) in [5, 5.41) is 0. The molecule has 0 saturated heterocycles. The first-order valence-electron chi connectivity index (χ1n) is 4.60. The quantitative estimate of drug-likeness (QED) is 0.753. The lowest BCUT2D eigenvalue weighted by Gasteiger charge is -2.06. The van der Waals surface area contributed by atoms with E-state index in [1.165, 1.54) is 11.1 Å². The Balaban J connectivity index is 3.13. The van der Waals surface area contributed by atoms with Gasteiger partial charge in [-0.15, -0.1) is 0 Å². The number of benzene rings is 1. The zero-order chi connectivity index (χ0) is 9.84. The summed E-state index contributed by atoms with van der Waals surface area (Å²) in [6.07, 6.45) is 1.95. The van der Waals surface area contributed by atoms with Gasteiger partial charge >= 0.3 is 0 Å². The summed E-state index contributed by atoms with van der Waals surface area (Å²) in [5.74, 6) is -0.350. The minimum atomic E-state index is -0.350. The summed E-state index contributed by atoms with van der Waals surface area (Å²) in [5.41, 5.74) is 8.32. The van der Waals surface area contributed by atoms with Gasteiger partial charge in [0.2, 0.25) is 5.91 Å². The summed E-state index contributed by atoms with van der Waals surface area (Å²) in [7, 11) is 0. The van der Waals surface area contributed by atoms with Gasteiger partial charge in [-0.3, -0.25) is 4.79 Å². The molecule has 0 aliphatic carbocycles. The third-order valence-electron chi connectivity index (χ3n) is 2.25. The molecule has 0 bridgehead atoms. The predicted molar refractivity (Wildman–Crippen MR) is 53.7 cm³/mol. The molecule has 13 heavy (non-hydrogen) atoms. The van der Waals surface area contributed by atoms with Crippen LogP contribution in [0.5, 0.6) is 0 Å². The van der Waals surface area contributed by atoms with Gasteiger partial charge in [0.15, 0.2) is 0 Å². The van der Waals surface area contributed by atoms with Crippen LogP contribution in [0.2, 0.25) is 0 Å². The summed E-state index contributed by atoms with van der Waals surface area (Å²) in [6.45, 7) is 4.19. The highest BCUT2D eigenvalue weighted by molar-refractivity contribution is 5.93. The molecule has 0 unspecified atom stereocenters. The van der Waals surface area contributed by atoms with Crippen molar-refractivity contribution in [3.63, 3.8) is 0 Å². The molecule has 2 nitrogen and oxygen atoms in total. The number of carbonyl (C=O) groups excluding carboxylic acids is 1. The third kappa shape index (κ3) is 2.08. The van der Waals surface area contributed by atoms with E-state index in [-0.39, 0.29) is 5.91 Å². The lowest BCUT2D eigenvalue weighted by molar-refractivity contribution is 0.1000. The van der Waals surface area contributed by atoms with Crippen LogP contribution in [0.1, 0.15) is 35.3 Å². The summed E-state index contributed by atoms with van der Waals surface area (Å²) in [4.78, 5) is 10.9. The molecule has 0 saturated carbocycles. The Bertz CT molecular complexity index is 318. The van der Waals surface area contributed by atoms with Crippen molar-refractivity contribution in [2.75, 3.05) is 0 Å². The van der Waals surface area contributed by atoms with Crippen molar-refractivity contribution >= 4 is 5.91 Å². The maximum Gasteiger partial charge on any atom is 0.248 e. The fraction of sp³-hybridized carbons (Fsp3) is 0.364. The first-order valence-corrected chi connectivity index (χ1v) is 4.60. The second kappa shape index (κ2) is 4.08. The second-order valence-electron chi connectivity index (χ2n) is 3.05. The Morgan fingerprint density at radius 1 is 1.23 bits per heavy atom. The molecule has 0 aromatic heterocycles. The number of amides is 1. The van der Waals surface area contributed by atoms with Gasteiger partial charge in [-0.25, -0.2) is 0 Å². The Kier molecular flexibility index (Phi) is 3.07. The highest BCUT2D eigenvalue weighted by Crippen LogP contribution is 2.13. The van der Waals surface area contributed by atoms with E-state index >= 15 is 0 Å². The molecule has 0 radical (unpaired) electrons. The average molecular weight is 177 g/mol. The lowest BCUT2D eigenvalue weighted by atomic mass is 10.00. The maximum atomic E-state index is 10.9. The Hall–Kier alpha value is -1.31. The number of primary amides is 1. The van der Waals surface area contributed by atoms with Crippen LogP contribution in [0.4, 0.5) is 0 Å². The SMILES string of the molecule is CCc1ccc(C(N)=O)cc1CC. The van der Waals surface area contributed by atoms with Crippen LogP contribution in [-0.4, -0.2) is 5.91 Å². The maximum absolute atomic E-state index is 10.9. The molecular formula is C11H15NO. The molecule has 2 N–H and O–H groups in total. The minimum absolute atomic E-state index is 0.350. The molecule has 1 aromatic rings. The fourth-order valence-electron chi connectivity index (χ4n) is 1.45. The van der Waals surface area contributed by atoms with E-state index in [9.17, 15) is 4.79 Å². The van der Waals surface area contributed by atoms with Crippen molar-refractivity contribution in [3.05, 3.63) is 34.9 Å². The molecule has 1 amide bonds. The molecule has 0 fully saturated rings. The van der Waals surface area contributed by atoms with Gasteiger partial charge in [0, 0.05) is 5.56 Å². The smallest absolute Gasteiger partial charge is 0.248 e. The first-order chi connectivity index (χ1) is 6.19. The van der Waals surface area contributed by atoms with E-state index < -0.39 is 0 Å². The molecule has 0 atom stereocenters. The Morgan fingerprint density at radius 2 is 1.85 bits per heavy atom. The molecule has 0 aliphatic heterocycles. The average Bonchev–Trinajstić information content (AvgIpc) is 2.16. The van der Waals surface area contributed by atoms with Crippen molar-refractivity contribution in [1.82, 2.24) is 0 Å². The van der Waals surface area contributed by atoms with Crippen LogP contribution in [0.3, 0.4) is 0 Å². The van der Waals surface area contributed by atoms with Crippen molar-refractivity contribution in [2.45, 2.75) is 26.7 Å². The molecule has 0 aliphatic rings. The van der Waals surface area contributed by atoms with E-state index in [0.29, 0.717) is 5.56 Å². The van der Waals surface area contributed by atoms with Crippen LogP contribution in [0.25, 0.3) is 0 Å². The molecule has 0 heterocycles. The second-order valence-corrected chi connectivity index (χ2v) is 3.05. The Morgan fingerprint density at radius 3 is 2.31 bits per heavy atom. The van der Waals surface area contributed by atoms with Gasteiger partial charge in [0.25, 0.3) is 0 Å². The highest BCUT2D eigenvalue weighted by Gasteiger charge is 2.03. The monoisotopic (exact) mass is 177 g/mol. The third-order valence-corrected chi connectivity index (χ3v) is 2.25. The van der Waals surface area contributed by atoms with Crippen LogP contribution >= 0.6 is 0 Å². The topological polar surface area (TPSA) is 43.1 Å². The zero-order valence-corrected chi connectivity index (χ0v) is 8.13. The number of carbonyl (C=O) groups is 1. The van der Waals surface area contributed by atoms with E-state index in [2.05, 4.69) is 13.8 Å². The minimum Gasteiger partial charge on any atom is -0.366 e. The van der Waals surface area contributed by atoms with Crippen LogP contribution in [0.15, 0.2) is 18.2 Å². The summed E-state index contributed by atoms with van der Waals surface area (Å²) in [6, 6.07) is 5.67. The summed E-state index contributed by atoms with van der Waals surface area (Å²) >= 11 is 0. The van der Waals surface area contributed by atoms with Gasteiger partial charge in [-0.05, 0) is 36.1 Å². The molecule has 70 valence electrons. The molecule has 1 rings (SSSR count). The number of hydrogen-bond donors (Lipinski definition) is 1. The van der Waals surface area contributed by atoms with E-state index in [4.69, 9.17) is 5.73 Å². The van der Waals surface area contributed by atoms with Gasteiger partial charge in [0.05, 0.1) is 0 Å². The Labute approximate surface area is 78.8 Å². The first kappa shape index (κ1) is 9.78. The largest absolute Gasteiger partial charge is 0.366 e. The fourth-order valence-corrected chi connectivity index (χ4v) is 1.45. The molecule has 2 heteroatoms. The van der Waals surface area contributed by atoms with Crippen LogP contribution in [-0.2, 0) is 12.8 Å². The van der Waals surface area contributed by atoms with Crippen molar-refractivity contribution in [1.29, 1.82) is 0 Å². The van der Waals surface area contributed by atoms with Crippen LogP contribution in [0, 0.1) is 0 Å². The highest BCUT2D eigenvalue weighted by atomic mass is 16.1. The normalized spacial score (nSPS) is 10.0. The predicted octanol–water partition coefficient (Wildman–Crippen LogP) is 1.91.